The predicted octanol–water partition coefficient (Wildman–Crippen LogP) is 3.24. The zero-order valence-electron chi connectivity index (χ0n) is 10.7. The molecule has 0 aliphatic heterocycles. The Bertz CT molecular complexity index is 323. The summed E-state index contributed by atoms with van der Waals surface area (Å²) in [6.45, 7) is 0.0519. The summed E-state index contributed by atoms with van der Waals surface area (Å²) < 4.78 is 10.4. The second kappa shape index (κ2) is 7.96. The average Bonchev–Trinajstić information content (AvgIpc) is 2.38. The van der Waals surface area contributed by atoms with Crippen LogP contribution < -0.4 is 9.47 Å². The maximum Gasteiger partial charge on any atom is 0.160 e. The van der Waals surface area contributed by atoms with Crippen molar-refractivity contribution in [3.8, 4) is 11.5 Å². The van der Waals surface area contributed by atoms with Crippen molar-refractivity contribution in [1.82, 2.24) is 0 Å². The first-order chi connectivity index (χ1) is 8.31. The van der Waals surface area contributed by atoms with Crippen LogP contribution in [0.15, 0.2) is 18.2 Å². The average molecular weight is 237 g/mol. The molecule has 0 fully saturated rings. The molecule has 1 rings (SSSR count). The first kappa shape index (κ1) is 13.8. The first-order valence-electron chi connectivity index (χ1n) is 6.11. The molecule has 1 aromatic carbocycles. The van der Waals surface area contributed by atoms with Crippen LogP contribution in [0.4, 0.5) is 0 Å². The summed E-state index contributed by atoms with van der Waals surface area (Å²) in [6, 6.07) is 6.02. The molecule has 0 saturated carbocycles. The molecule has 3 heteroatoms. The molecule has 1 radical (unpaired) electrons. The van der Waals surface area contributed by atoms with Crippen molar-refractivity contribution in [2.75, 3.05) is 20.8 Å². The molecule has 0 saturated heterocycles. The second-order valence-electron chi connectivity index (χ2n) is 4.06. The van der Waals surface area contributed by atoms with Crippen LogP contribution in [-0.2, 0) is 11.5 Å². The standard InChI is InChI=1S/C14H21O3/c1-16-13-9-8-12(11-14(13)17-2)7-5-3-4-6-10-15/h8-9,11H,3-7,10H2,1-2H3. The lowest BCUT2D eigenvalue weighted by Gasteiger charge is -2.09. The van der Waals surface area contributed by atoms with E-state index in [1.807, 2.05) is 12.1 Å². The third-order valence-electron chi connectivity index (χ3n) is 2.81. The van der Waals surface area contributed by atoms with Crippen LogP contribution in [0, 0.1) is 0 Å². The summed E-state index contributed by atoms with van der Waals surface area (Å²) in [6.07, 6.45) is 5.11. The van der Waals surface area contributed by atoms with Crippen molar-refractivity contribution in [1.29, 1.82) is 0 Å². The monoisotopic (exact) mass is 237 g/mol. The molecule has 0 unspecified atom stereocenters. The molecule has 0 aromatic heterocycles. The third kappa shape index (κ3) is 4.65. The van der Waals surface area contributed by atoms with Crippen molar-refractivity contribution >= 4 is 0 Å². The fraction of sp³-hybridized carbons (Fsp3) is 0.571. The van der Waals surface area contributed by atoms with Gasteiger partial charge in [0, 0.05) is 0 Å². The van der Waals surface area contributed by atoms with Crippen LogP contribution in [0.3, 0.4) is 0 Å². The predicted molar refractivity (Wildman–Crippen MR) is 67.3 cm³/mol. The van der Waals surface area contributed by atoms with Gasteiger partial charge in [-0.1, -0.05) is 18.9 Å². The number of rotatable bonds is 8. The van der Waals surface area contributed by atoms with Gasteiger partial charge >= 0.3 is 0 Å². The molecule has 17 heavy (non-hydrogen) atoms. The summed E-state index contributed by atoms with van der Waals surface area (Å²) >= 11 is 0. The molecule has 1 aromatic rings. The van der Waals surface area contributed by atoms with Crippen LogP contribution in [0.5, 0.6) is 11.5 Å². The molecule has 0 N–H and O–H groups in total. The van der Waals surface area contributed by atoms with E-state index < -0.39 is 0 Å². The molecule has 0 atom stereocenters. The zero-order chi connectivity index (χ0) is 12.5. The lowest BCUT2D eigenvalue weighted by atomic mass is 10.1. The quantitative estimate of drug-likeness (QED) is 0.651. The molecule has 0 heterocycles. The Hall–Kier alpha value is -1.22. The molecular formula is C14H21O3. The van der Waals surface area contributed by atoms with E-state index in [2.05, 4.69) is 6.07 Å². The Kier molecular flexibility index (Phi) is 6.48. The summed E-state index contributed by atoms with van der Waals surface area (Å²) in [5.74, 6) is 1.55. The first-order valence-corrected chi connectivity index (χ1v) is 6.11. The number of ether oxygens (including phenoxy) is 2. The number of hydrogen-bond donors (Lipinski definition) is 0. The Morgan fingerprint density at radius 3 is 2.29 bits per heavy atom. The van der Waals surface area contributed by atoms with Gasteiger partial charge in [-0.05, 0) is 37.0 Å². The van der Waals surface area contributed by atoms with Crippen molar-refractivity contribution in [2.24, 2.45) is 0 Å². The van der Waals surface area contributed by atoms with E-state index in [-0.39, 0.29) is 6.61 Å². The van der Waals surface area contributed by atoms with Crippen molar-refractivity contribution < 1.29 is 14.6 Å². The van der Waals surface area contributed by atoms with E-state index >= 15 is 0 Å². The van der Waals surface area contributed by atoms with Crippen LogP contribution >= 0.6 is 0 Å². The Morgan fingerprint density at radius 2 is 1.65 bits per heavy atom. The van der Waals surface area contributed by atoms with Crippen LogP contribution in [-0.4, -0.2) is 20.8 Å². The number of methoxy groups -OCH3 is 2. The van der Waals surface area contributed by atoms with Gasteiger partial charge in [0.2, 0.25) is 0 Å². The smallest absolute Gasteiger partial charge is 0.160 e. The van der Waals surface area contributed by atoms with Gasteiger partial charge in [-0.2, -0.15) is 0 Å². The SMILES string of the molecule is COc1ccc(CCCCCC[O])cc1OC. The van der Waals surface area contributed by atoms with Gasteiger partial charge < -0.3 is 9.47 Å². The lowest BCUT2D eigenvalue weighted by molar-refractivity contribution is 0.186. The van der Waals surface area contributed by atoms with E-state index in [4.69, 9.17) is 9.47 Å². The third-order valence-corrected chi connectivity index (χ3v) is 2.81. The number of aryl methyl sites for hydroxylation is 1. The Morgan fingerprint density at radius 1 is 0.941 bits per heavy atom. The Labute approximate surface area is 103 Å². The maximum atomic E-state index is 10.3. The van der Waals surface area contributed by atoms with Gasteiger partial charge in [0.25, 0.3) is 0 Å². The van der Waals surface area contributed by atoms with Crippen molar-refractivity contribution in [2.45, 2.75) is 32.1 Å². The molecule has 0 aliphatic carbocycles. The highest BCUT2D eigenvalue weighted by molar-refractivity contribution is 5.42. The van der Waals surface area contributed by atoms with Gasteiger partial charge in [0.05, 0.1) is 20.8 Å². The Balaban J connectivity index is 2.43. The highest BCUT2D eigenvalue weighted by atomic mass is 16.5. The van der Waals surface area contributed by atoms with Gasteiger partial charge in [0.15, 0.2) is 11.5 Å². The van der Waals surface area contributed by atoms with E-state index in [9.17, 15) is 5.11 Å². The molecule has 0 bridgehead atoms. The minimum atomic E-state index is 0.0519. The second-order valence-corrected chi connectivity index (χ2v) is 4.06. The minimum Gasteiger partial charge on any atom is -0.493 e. The normalized spacial score (nSPS) is 10.3. The lowest BCUT2D eigenvalue weighted by Crippen LogP contribution is -1.93. The summed E-state index contributed by atoms with van der Waals surface area (Å²) in [5.41, 5.74) is 1.25. The summed E-state index contributed by atoms with van der Waals surface area (Å²) in [7, 11) is 3.29. The minimum absolute atomic E-state index is 0.0519. The maximum absolute atomic E-state index is 10.3. The molecule has 0 spiro atoms. The largest absolute Gasteiger partial charge is 0.493 e. The van der Waals surface area contributed by atoms with Gasteiger partial charge in [0.1, 0.15) is 0 Å². The highest BCUT2D eigenvalue weighted by Crippen LogP contribution is 2.28. The van der Waals surface area contributed by atoms with Crippen LogP contribution in [0.1, 0.15) is 31.2 Å². The number of hydrogen-bond acceptors (Lipinski definition) is 2. The van der Waals surface area contributed by atoms with E-state index in [1.165, 1.54) is 5.56 Å². The fourth-order valence-electron chi connectivity index (χ4n) is 1.82. The fourth-order valence-corrected chi connectivity index (χ4v) is 1.82. The van der Waals surface area contributed by atoms with Crippen molar-refractivity contribution in [3.63, 3.8) is 0 Å². The summed E-state index contributed by atoms with van der Waals surface area (Å²) in [5, 5.41) is 10.3. The number of unbranched alkanes of at least 4 members (excludes halogenated alkanes) is 3. The molecule has 0 amide bonds. The van der Waals surface area contributed by atoms with Crippen molar-refractivity contribution in [3.05, 3.63) is 23.8 Å². The van der Waals surface area contributed by atoms with Crippen LogP contribution in [0.25, 0.3) is 0 Å². The topological polar surface area (TPSA) is 38.4 Å². The van der Waals surface area contributed by atoms with Crippen LogP contribution in [0.2, 0.25) is 0 Å². The molecule has 95 valence electrons. The van der Waals surface area contributed by atoms with E-state index in [1.54, 1.807) is 14.2 Å². The number of benzene rings is 1. The van der Waals surface area contributed by atoms with Gasteiger partial charge in [-0.15, -0.1) is 0 Å². The zero-order valence-corrected chi connectivity index (χ0v) is 10.7. The molecule has 0 aliphatic rings. The molecular weight excluding hydrogens is 216 g/mol. The van der Waals surface area contributed by atoms with Gasteiger partial charge in [-0.3, -0.25) is 0 Å². The van der Waals surface area contributed by atoms with Gasteiger partial charge in [-0.25, -0.2) is 5.11 Å². The van der Waals surface area contributed by atoms with E-state index in [0.717, 1.165) is 43.6 Å². The molecule has 3 nitrogen and oxygen atoms in total. The van der Waals surface area contributed by atoms with E-state index in [0.29, 0.717) is 0 Å². The summed E-state index contributed by atoms with van der Waals surface area (Å²) in [4.78, 5) is 0. The highest BCUT2D eigenvalue weighted by Gasteiger charge is 2.04.